The zero-order valence-corrected chi connectivity index (χ0v) is 10.5. The van der Waals surface area contributed by atoms with Gasteiger partial charge in [-0.3, -0.25) is 0 Å². The van der Waals surface area contributed by atoms with E-state index in [0.717, 1.165) is 31.6 Å². The van der Waals surface area contributed by atoms with E-state index in [1.807, 2.05) is 6.92 Å². The predicted octanol–water partition coefficient (Wildman–Crippen LogP) is 3.69. The Morgan fingerprint density at radius 1 is 1.38 bits per heavy atom. The van der Waals surface area contributed by atoms with Gasteiger partial charge in [0, 0.05) is 19.2 Å². The van der Waals surface area contributed by atoms with Crippen molar-refractivity contribution in [2.75, 3.05) is 23.7 Å². The Morgan fingerprint density at radius 3 is 2.62 bits per heavy atom. The number of halogens is 2. The largest absolute Gasteiger partial charge is 0.397 e. The first kappa shape index (κ1) is 13.1. The molecule has 0 aromatic heterocycles. The van der Waals surface area contributed by atoms with Crippen LogP contribution in [0.3, 0.4) is 0 Å². The van der Waals surface area contributed by atoms with E-state index in [4.69, 9.17) is 17.3 Å². The number of rotatable bonds is 5. The lowest BCUT2D eigenvalue weighted by atomic mass is 10.2. The van der Waals surface area contributed by atoms with E-state index in [1.54, 1.807) is 0 Å². The Hall–Kier alpha value is -0.960. The minimum absolute atomic E-state index is 0.0767. The smallest absolute Gasteiger partial charge is 0.144 e. The van der Waals surface area contributed by atoms with Crippen molar-refractivity contribution in [1.82, 2.24) is 0 Å². The number of nitrogens with two attached hydrogens (primary N) is 1. The van der Waals surface area contributed by atoms with Crippen molar-refractivity contribution in [2.45, 2.75) is 26.7 Å². The fraction of sp³-hybridized carbons (Fsp3) is 0.500. The molecule has 0 aliphatic carbocycles. The number of anilines is 2. The lowest BCUT2D eigenvalue weighted by Crippen LogP contribution is -2.24. The molecule has 4 heteroatoms. The van der Waals surface area contributed by atoms with E-state index in [1.165, 1.54) is 12.1 Å². The third-order valence-electron chi connectivity index (χ3n) is 2.57. The second-order valence-corrected chi connectivity index (χ2v) is 4.17. The molecule has 1 aromatic rings. The Kier molecular flexibility index (Phi) is 4.87. The van der Waals surface area contributed by atoms with E-state index < -0.39 is 5.82 Å². The second kappa shape index (κ2) is 5.94. The Labute approximate surface area is 101 Å². The van der Waals surface area contributed by atoms with Gasteiger partial charge in [0.15, 0.2) is 0 Å². The average Bonchev–Trinajstić information content (AvgIpc) is 2.26. The van der Waals surface area contributed by atoms with Gasteiger partial charge in [0.2, 0.25) is 0 Å². The van der Waals surface area contributed by atoms with Crippen LogP contribution in [-0.2, 0) is 0 Å². The first-order valence-corrected chi connectivity index (χ1v) is 5.97. The molecule has 0 saturated carbocycles. The Balaban J connectivity index is 2.95. The molecule has 0 aliphatic heterocycles. The molecule has 2 nitrogen and oxygen atoms in total. The van der Waals surface area contributed by atoms with Crippen molar-refractivity contribution in [2.24, 2.45) is 0 Å². The summed E-state index contributed by atoms with van der Waals surface area (Å²) in [6, 6.07) is 2.89. The van der Waals surface area contributed by atoms with Crippen LogP contribution in [0.1, 0.15) is 26.7 Å². The van der Waals surface area contributed by atoms with Crippen LogP contribution in [0, 0.1) is 5.82 Å². The van der Waals surface area contributed by atoms with Gasteiger partial charge in [0.25, 0.3) is 0 Å². The molecular weight excluding hydrogens is 227 g/mol. The van der Waals surface area contributed by atoms with Crippen molar-refractivity contribution in [3.63, 3.8) is 0 Å². The van der Waals surface area contributed by atoms with Gasteiger partial charge in [-0.15, -0.1) is 0 Å². The summed E-state index contributed by atoms with van der Waals surface area (Å²) in [5.41, 5.74) is 7.11. The van der Waals surface area contributed by atoms with Crippen molar-refractivity contribution < 1.29 is 4.39 Å². The quantitative estimate of drug-likeness (QED) is 0.801. The molecule has 0 spiro atoms. The summed E-state index contributed by atoms with van der Waals surface area (Å²) in [7, 11) is 0. The van der Waals surface area contributed by atoms with E-state index in [9.17, 15) is 4.39 Å². The summed E-state index contributed by atoms with van der Waals surface area (Å²) in [6.45, 7) is 5.85. The summed E-state index contributed by atoms with van der Waals surface area (Å²) < 4.78 is 13.4. The van der Waals surface area contributed by atoms with Crippen LogP contribution in [0.4, 0.5) is 15.8 Å². The molecular formula is C12H18ClFN2. The molecule has 0 radical (unpaired) electrons. The summed E-state index contributed by atoms with van der Waals surface area (Å²) in [5.74, 6) is -0.416. The first-order chi connectivity index (χ1) is 7.60. The topological polar surface area (TPSA) is 29.3 Å². The molecule has 16 heavy (non-hydrogen) atoms. The summed E-state index contributed by atoms with van der Waals surface area (Å²) in [4.78, 5) is 2.07. The summed E-state index contributed by atoms with van der Waals surface area (Å²) >= 11 is 5.66. The molecule has 2 N–H and O–H groups in total. The van der Waals surface area contributed by atoms with Crippen LogP contribution in [0.5, 0.6) is 0 Å². The molecule has 0 atom stereocenters. The highest BCUT2D eigenvalue weighted by Crippen LogP contribution is 2.29. The van der Waals surface area contributed by atoms with Crippen LogP contribution >= 0.6 is 11.6 Å². The number of nitrogen functional groups attached to an aromatic ring is 1. The molecule has 0 unspecified atom stereocenters. The summed E-state index contributed by atoms with van der Waals surface area (Å²) in [6.07, 6.45) is 2.17. The normalized spacial score (nSPS) is 10.5. The lowest BCUT2D eigenvalue weighted by molar-refractivity contribution is 0.626. The minimum atomic E-state index is -0.416. The van der Waals surface area contributed by atoms with Gasteiger partial charge in [0.1, 0.15) is 5.82 Å². The maximum Gasteiger partial charge on any atom is 0.144 e. The summed E-state index contributed by atoms with van der Waals surface area (Å²) in [5, 5.41) is 0.0767. The maximum absolute atomic E-state index is 13.4. The maximum atomic E-state index is 13.4. The monoisotopic (exact) mass is 244 g/mol. The lowest BCUT2D eigenvalue weighted by Gasteiger charge is -2.24. The highest BCUT2D eigenvalue weighted by Gasteiger charge is 2.11. The highest BCUT2D eigenvalue weighted by molar-refractivity contribution is 6.31. The molecule has 0 aliphatic rings. The van der Waals surface area contributed by atoms with Crippen LogP contribution in [-0.4, -0.2) is 13.1 Å². The number of nitrogens with zero attached hydrogens (tertiary/aromatic N) is 1. The minimum Gasteiger partial charge on any atom is -0.397 e. The molecule has 0 amide bonds. The first-order valence-electron chi connectivity index (χ1n) is 5.59. The van der Waals surface area contributed by atoms with E-state index in [2.05, 4.69) is 11.8 Å². The van der Waals surface area contributed by atoms with Crippen molar-refractivity contribution >= 4 is 23.0 Å². The number of unbranched alkanes of at least 4 members (excludes halogenated alkanes) is 1. The van der Waals surface area contributed by atoms with E-state index in [-0.39, 0.29) is 5.02 Å². The molecule has 0 fully saturated rings. The van der Waals surface area contributed by atoms with Gasteiger partial charge in [0.05, 0.1) is 16.4 Å². The third-order valence-corrected chi connectivity index (χ3v) is 2.86. The van der Waals surface area contributed by atoms with Crippen molar-refractivity contribution in [3.8, 4) is 0 Å². The standard InChI is InChI=1S/C12H18ClFN2/c1-3-5-6-16(4-2)12-8-10(14)9(13)7-11(12)15/h7-8H,3-6,15H2,1-2H3. The highest BCUT2D eigenvalue weighted by atomic mass is 35.5. The van der Waals surface area contributed by atoms with Gasteiger partial charge in [-0.2, -0.15) is 0 Å². The van der Waals surface area contributed by atoms with Crippen LogP contribution in [0.15, 0.2) is 12.1 Å². The number of hydrogen-bond donors (Lipinski definition) is 1. The fourth-order valence-electron chi connectivity index (χ4n) is 1.62. The average molecular weight is 245 g/mol. The molecule has 90 valence electrons. The van der Waals surface area contributed by atoms with Gasteiger partial charge in [-0.05, 0) is 19.4 Å². The Bertz CT molecular complexity index is 355. The molecule has 1 rings (SSSR count). The van der Waals surface area contributed by atoms with Gasteiger partial charge in [-0.25, -0.2) is 4.39 Å². The van der Waals surface area contributed by atoms with Crippen molar-refractivity contribution in [3.05, 3.63) is 23.0 Å². The van der Waals surface area contributed by atoms with E-state index in [0.29, 0.717) is 5.69 Å². The van der Waals surface area contributed by atoms with Crippen molar-refractivity contribution in [1.29, 1.82) is 0 Å². The van der Waals surface area contributed by atoms with Crippen LogP contribution in [0.2, 0.25) is 5.02 Å². The van der Waals surface area contributed by atoms with Gasteiger partial charge >= 0.3 is 0 Å². The predicted molar refractivity (Wildman–Crippen MR) is 68.6 cm³/mol. The SMILES string of the molecule is CCCCN(CC)c1cc(F)c(Cl)cc1N. The second-order valence-electron chi connectivity index (χ2n) is 3.76. The number of hydrogen-bond acceptors (Lipinski definition) is 2. The van der Waals surface area contributed by atoms with Gasteiger partial charge < -0.3 is 10.6 Å². The third kappa shape index (κ3) is 3.01. The molecule has 0 saturated heterocycles. The molecule has 1 aromatic carbocycles. The van der Waals surface area contributed by atoms with Gasteiger partial charge in [-0.1, -0.05) is 24.9 Å². The zero-order chi connectivity index (χ0) is 12.1. The fourth-order valence-corrected chi connectivity index (χ4v) is 1.80. The van der Waals surface area contributed by atoms with Crippen LogP contribution < -0.4 is 10.6 Å². The Morgan fingerprint density at radius 2 is 2.06 bits per heavy atom. The molecule has 0 bridgehead atoms. The van der Waals surface area contributed by atoms with E-state index >= 15 is 0 Å². The zero-order valence-electron chi connectivity index (χ0n) is 9.76. The van der Waals surface area contributed by atoms with Crippen LogP contribution in [0.25, 0.3) is 0 Å². The number of benzene rings is 1. The molecule has 0 heterocycles.